The molecule has 4 aromatic carbocycles. The first-order chi connectivity index (χ1) is 32.3. The molecule has 1 saturated heterocycles. The Morgan fingerprint density at radius 1 is 0.746 bits per heavy atom. The molecule has 5 N–H and O–H groups in total. The van der Waals surface area contributed by atoms with E-state index in [1.807, 2.05) is 73.7 Å². The van der Waals surface area contributed by atoms with Gasteiger partial charge >= 0.3 is 5.69 Å². The smallest absolute Gasteiger partial charge is 0.329 e. The van der Waals surface area contributed by atoms with Crippen LogP contribution in [0.4, 0.5) is 5.69 Å². The normalized spacial score (nSPS) is 22.0. The van der Waals surface area contributed by atoms with Crippen LogP contribution in [-0.4, -0.2) is 56.7 Å². The molecule has 14 heteroatoms. The van der Waals surface area contributed by atoms with Crippen LogP contribution in [0.25, 0.3) is 11.0 Å². The van der Waals surface area contributed by atoms with Crippen molar-refractivity contribution in [2.24, 2.45) is 30.5 Å². The van der Waals surface area contributed by atoms with Crippen molar-refractivity contribution in [2.45, 2.75) is 115 Å². The Hall–Kier alpha value is -6.83. The number of imidazole rings is 1. The van der Waals surface area contributed by atoms with Crippen LogP contribution in [0.3, 0.4) is 0 Å². The van der Waals surface area contributed by atoms with Gasteiger partial charge in [-0.1, -0.05) is 85.8 Å². The minimum atomic E-state index is -1.08. The van der Waals surface area contributed by atoms with Gasteiger partial charge < -0.3 is 16.4 Å². The predicted molar refractivity (Wildman–Crippen MR) is 254 cm³/mol. The van der Waals surface area contributed by atoms with E-state index in [1.54, 1.807) is 16.5 Å². The molecular formula is C53H59N7O7. The van der Waals surface area contributed by atoms with Gasteiger partial charge in [0.2, 0.25) is 35.4 Å². The topological polar surface area (TPSA) is 195 Å². The van der Waals surface area contributed by atoms with Gasteiger partial charge in [0.15, 0.2) is 0 Å². The number of amides is 6. The number of hydrogen-bond donors (Lipinski definition) is 4. The predicted octanol–water partition coefficient (Wildman–Crippen LogP) is 5.41. The van der Waals surface area contributed by atoms with Crippen molar-refractivity contribution in [3.05, 3.63) is 135 Å². The van der Waals surface area contributed by atoms with Gasteiger partial charge in [0.05, 0.1) is 22.8 Å². The number of nitrogens with two attached hydrogens (primary N) is 1. The van der Waals surface area contributed by atoms with Crippen molar-refractivity contribution >= 4 is 52.2 Å². The fourth-order valence-corrected chi connectivity index (χ4v) is 11.1. The maximum Gasteiger partial charge on any atom is 0.329 e. The van der Waals surface area contributed by atoms with Crippen LogP contribution in [-0.2, 0) is 61.5 Å². The molecule has 9 rings (SSSR count). The number of primary amides is 1. The van der Waals surface area contributed by atoms with Crippen molar-refractivity contribution in [1.82, 2.24) is 25.1 Å². The van der Waals surface area contributed by atoms with E-state index >= 15 is 0 Å². The van der Waals surface area contributed by atoms with Crippen LogP contribution in [0.15, 0.2) is 95.8 Å². The van der Waals surface area contributed by atoms with Crippen molar-refractivity contribution in [3.63, 3.8) is 0 Å². The highest BCUT2D eigenvalue weighted by Crippen LogP contribution is 2.42. The summed E-state index contributed by atoms with van der Waals surface area (Å²) < 4.78 is 3.11. The van der Waals surface area contributed by atoms with E-state index in [0.717, 1.165) is 84.0 Å². The van der Waals surface area contributed by atoms with E-state index in [4.69, 9.17) is 5.73 Å². The third kappa shape index (κ3) is 9.43. The standard InChI is InChI=1S/C53H59N7O7/c1-31-13-19-38-27-35(26-33-16-14-32(15-17-33)25-34-18-21-41-43(29-34)58(2)53(67)59(41)42-22-24-46(62)56-50(42)64)28-39-30-44(60(48(38)39)52(31)66)51(65)55-40(20-23-45(54)61)49(63)57-47(36-9-5-3-6-10-36)37-11-7-4-8-12-37/h3-12,18,21,27-29,31-33,40,42,44,47H,13-17,19-20,22-26,30H2,1-2H3,(H2,54,61)(H,55,65)(H,57,63)(H,56,62,64)/t31-,32?,33?,40-,42?,44-/m0/s1. The number of imide groups is 1. The van der Waals surface area contributed by atoms with E-state index in [9.17, 15) is 33.6 Å². The van der Waals surface area contributed by atoms with E-state index in [2.05, 4.69) is 40.2 Å². The summed E-state index contributed by atoms with van der Waals surface area (Å²) in [6, 6.07) is 26.4. The summed E-state index contributed by atoms with van der Waals surface area (Å²) in [5.74, 6) is -1.67. The number of fused-ring (bicyclic) bond motifs is 1. The van der Waals surface area contributed by atoms with Gasteiger partial charge in [-0.25, -0.2) is 4.79 Å². The molecule has 0 spiro atoms. The molecule has 0 bridgehead atoms. The second-order valence-electron chi connectivity index (χ2n) is 19.3. The van der Waals surface area contributed by atoms with Crippen LogP contribution in [0.5, 0.6) is 0 Å². The number of carbonyl (C=O) groups excluding carboxylic acids is 6. The van der Waals surface area contributed by atoms with E-state index in [-0.39, 0.29) is 42.7 Å². The number of nitrogens with one attached hydrogen (secondary N) is 3. The molecule has 67 heavy (non-hydrogen) atoms. The molecule has 4 heterocycles. The molecular weight excluding hydrogens is 847 g/mol. The molecule has 4 atom stereocenters. The van der Waals surface area contributed by atoms with Gasteiger partial charge in [0, 0.05) is 32.2 Å². The lowest BCUT2D eigenvalue weighted by Crippen LogP contribution is -2.55. The Morgan fingerprint density at radius 2 is 1.39 bits per heavy atom. The Labute approximate surface area is 389 Å². The van der Waals surface area contributed by atoms with Gasteiger partial charge in [-0.3, -0.25) is 48.1 Å². The third-order valence-electron chi connectivity index (χ3n) is 14.7. The van der Waals surface area contributed by atoms with Gasteiger partial charge in [0.1, 0.15) is 18.1 Å². The second kappa shape index (κ2) is 19.2. The Bertz CT molecular complexity index is 2750. The van der Waals surface area contributed by atoms with Gasteiger partial charge in [0.25, 0.3) is 0 Å². The molecule has 3 aliphatic heterocycles. The van der Waals surface area contributed by atoms with E-state index in [1.165, 1.54) is 10.1 Å². The SMILES string of the molecule is C[C@H]1CCc2cc(CC3CCC(Cc4ccc5c(c4)n(C)c(=O)n5C4CCC(=O)NC4=O)CC3)cc3c2N(C1=O)[C@H](C(=O)N[C@@H](CCC(N)=O)C(=O)NC(c1ccccc1)c1ccccc1)C3. The number of piperidine rings is 1. The van der Waals surface area contributed by atoms with Crippen molar-refractivity contribution in [3.8, 4) is 0 Å². The minimum absolute atomic E-state index is 0.00175. The van der Waals surface area contributed by atoms with Crippen LogP contribution < -0.4 is 32.3 Å². The number of rotatable bonds is 14. The number of carbonyl (C=O) groups is 6. The zero-order valence-corrected chi connectivity index (χ0v) is 38.2. The van der Waals surface area contributed by atoms with Crippen molar-refractivity contribution < 1.29 is 28.8 Å². The molecule has 1 aromatic heterocycles. The summed E-state index contributed by atoms with van der Waals surface area (Å²) in [7, 11) is 1.72. The quantitative estimate of drug-likeness (QED) is 0.107. The van der Waals surface area contributed by atoms with Crippen molar-refractivity contribution in [1.29, 1.82) is 0 Å². The average molecular weight is 906 g/mol. The number of hydrogen-bond acceptors (Lipinski definition) is 7. The number of aromatic nitrogens is 2. The molecule has 1 aliphatic carbocycles. The maximum absolute atomic E-state index is 14.5. The highest BCUT2D eigenvalue weighted by molar-refractivity contribution is 6.06. The monoisotopic (exact) mass is 905 g/mol. The first-order valence-corrected chi connectivity index (χ1v) is 23.8. The Morgan fingerprint density at radius 3 is 2.03 bits per heavy atom. The summed E-state index contributed by atoms with van der Waals surface area (Å²) in [4.78, 5) is 94.2. The van der Waals surface area contributed by atoms with Crippen LogP contribution >= 0.6 is 0 Å². The summed E-state index contributed by atoms with van der Waals surface area (Å²) in [6.07, 6.45) is 8.16. The van der Waals surface area contributed by atoms with Crippen LogP contribution in [0.2, 0.25) is 0 Å². The molecule has 1 saturated carbocycles. The molecule has 6 amide bonds. The summed E-state index contributed by atoms with van der Waals surface area (Å²) in [6.45, 7) is 1.91. The molecule has 5 aromatic rings. The summed E-state index contributed by atoms with van der Waals surface area (Å²) in [5, 5.41) is 8.46. The fraction of sp³-hybridized carbons (Fsp3) is 0.415. The van der Waals surface area contributed by atoms with E-state index in [0.29, 0.717) is 36.6 Å². The zero-order valence-electron chi connectivity index (χ0n) is 38.2. The number of nitrogens with zero attached hydrogens (tertiary/aromatic N) is 3. The zero-order chi connectivity index (χ0) is 46.9. The second-order valence-corrected chi connectivity index (χ2v) is 19.3. The van der Waals surface area contributed by atoms with Crippen LogP contribution in [0.1, 0.15) is 110 Å². The first-order valence-electron chi connectivity index (χ1n) is 23.8. The van der Waals surface area contributed by atoms with Gasteiger partial charge in [-0.15, -0.1) is 0 Å². The van der Waals surface area contributed by atoms with Crippen LogP contribution in [0, 0.1) is 17.8 Å². The van der Waals surface area contributed by atoms with Crippen molar-refractivity contribution in [2.75, 3.05) is 4.90 Å². The molecule has 2 fully saturated rings. The van der Waals surface area contributed by atoms with Gasteiger partial charge in [-0.05, 0) is 122 Å². The van der Waals surface area contributed by atoms with Gasteiger partial charge in [-0.2, -0.15) is 0 Å². The Balaban J connectivity index is 0.873. The minimum Gasteiger partial charge on any atom is -0.370 e. The maximum atomic E-state index is 14.5. The first kappa shape index (κ1) is 45.3. The lowest BCUT2D eigenvalue weighted by molar-refractivity contribution is -0.136. The lowest BCUT2D eigenvalue weighted by Gasteiger charge is -2.29. The third-order valence-corrected chi connectivity index (χ3v) is 14.7. The average Bonchev–Trinajstić information content (AvgIpc) is 3.79. The lowest BCUT2D eigenvalue weighted by atomic mass is 9.77. The van der Waals surface area contributed by atoms with E-state index < -0.39 is 47.8 Å². The highest BCUT2D eigenvalue weighted by Gasteiger charge is 2.44. The number of anilines is 1. The molecule has 14 nitrogen and oxygen atoms in total. The highest BCUT2D eigenvalue weighted by atomic mass is 16.2. The summed E-state index contributed by atoms with van der Waals surface area (Å²) in [5.41, 5.74) is 13.7. The number of benzene rings is 4. The molecule has 1 unspecified atom stereocenters. The number of aryl methyl sites for hydroxylation is 2. The molecule has 0 radical (unpaired) electrons. The molecule has 4 aliphatic rings. The largest absolute Gasteiger partial charge is 0.370 e. The Kier molecular flexibility index (Phi) is 13.0. The fourth-order valence-electron chi connectivity index (χ4n) is 11.1. The molecule has 348 valence electrons. The summed E-state index contributed by atoms with van der Waals surface area (Å²) >= 11 is 0.